The number of aromatic nitrogens is 7. The predicted molar refractivity (Wildman–Crippen MR) is 108 cm³/mol. The molecule has 1 unspecified atom stereocenters. The highest BCUT2D eigenvalue weighted by atomic mass is 16.3. The summed E-state index contributed by atoms with van der Waals surface area (Å²) in [7, 11) is 2.07. The molecule has 0 aliphatic heterocycles. The number of rotatable bonds is 4. The molecule has 0 saturated heterocycles. The zero-order chi connectivity index (χ0) is 20.3. The first-order valence-corrected chi connectivity index (χ1v) is 9.81. The van der Waals surface area contributed by atoms with Gasteiger partial charge in [0.2, 0.25) is 0 Å². The van der Waals surface area contributed by atoms with Crippen molar-refractivity contribution in [1.29, 1.82) is 0 Å². The summed E-state index contributed by atoms with van der Waals surface area (Å²) < 4.78 is 3.80. The van der Waals surface area contributed by atoms with Gasteiger partial charge in [0, 0.05) is 24.9 Å². The highest BCUT2D eigenvalue weighted by molar-refractivity contribution is 5.76. The summed E-state index contributed by atoms with van der Waals surface area (Å²) in [6, 6.07) is 10.2. The molecule has 1 aliphatic rings. The Balaban J connectivity index is 1.51. The van der Waals surface area contributed by atoms with Crippen molar-refractivity contribution in [3.63, 3.8) is 0 Å². The molecule has 148 valence electrons. The predicted octanol–water partition coefficient (Wildman–Crippen LogP) is 2.89. The molecule has 3 aromatic heterocycles. The Bertz CT molecular complexity index is 1220. The van der Waals surface area contributed by atoms with Crippen LogP contribution < -0.4 is 0 Å². The average molecular weight is 389 g/mol. The number of fused-ring (bicyclic) bond motifs is 1. The fourth-order valence-electron chi connectivity index (χ4n) is 4.05. The molecule has 3 atom stereocenters. The van der Waals surface area contributed by atoms with Crippen LogP contribution in [-0.2, 0) is 7.05 Å². The van der Waals surface area contributed by atoms with Crippen LogP contribution in [0.4, 0.5) is 0 Å². The maximum atomic E-state index is 10.1. The number of benzene rings is 1. The molecule has 3 heterocycles. The molecule has 1 aliphatic carbocycles. The second-order valence-electron chi connectivity index (χ2n) is 7.77. The van der Waals surface area contributed by atoms with Crippen molar-refractivity contribution in [3.05, 3.63) is 59.3 Å². The van der Waals surface area contributed by atoms with E-state index in [1.165, 1.54) is 0 Å². The van der Waals surface area contributed by atoms with E-state index < -0.39 is 6.10 Å². The smallest absolute Gasteiger partial charge is 0.162 e. The largest absolute Gasteiger partial charge is 0.385 e. The lowest BCUT2D eigenvalue weighted by molar-refractivity contribution is 0.186. The van der Waals surface area contributed by atoms with Crippen LogP contribution in [0.5, 0.6) is 0 Å². The molecule has 8 heteroatoms. The Labute approximate surface area is 168 Å². The van der Waals surface area contributed by atoms with Crippen molar-refractivity contribution >= 4 is 11.0 Å². The fraction of sp³-hybridized carbons (Fsp3) is 0.381. The van der Waals surface area contributed by atoms with Crippen LogP contribution >= 0.6 is 0 Å². The molecule has 1 aromatic carbocycles. The van der Waals surface area contributed by atoms with Gasteiger partial charge < -0.3 is 9.67 Å². The molecule has 1 saturated carbocycles. The van der Waals surface area contributed by atoms with E-state index in [0.29, 0.717) is 35.1 Å². The van der Waals surface area contributed by atoms with Gasteiger partial charge in [-0.2, -0.15) is 4.68 Å². The summed E-state index contributed by atoms with van der Waals surface area (Å²) in [5.74, 6) is 4.12. The molecule has 1 N–H and O–H groups in total. The van der Waals surface area contributed by atoms with E-state index in [-0.39, 0.29) is 0 Å². The van der Waals surface area contributed by atoms with E-state index in [9.17, 15) is 5.11 Å². The molecular formula is C21H23N7O. The molecule has 0 radical (unpaired) electrons. The first-order chi connectivity index (χ1) is 13.9. The number of aryl methyl sites for hydroxylation is 3. The van der Waals surface area contributed by atoms with Gasteiger partial charge in [-0.3, -0.25) is 0 Å². The molecule has 0 bridgehead atoms. The SMILES string of the molecule is Cc1nc([C@@H]2C[C@H]2c2nc3ccccc3n2C)cc(-n2nc(C)nc2C(C)O)n1. The van der Waals surface area contributed by atoms with Gasteiger partial charge in [0.05, 0.1) is 16.7 Å². The van der Waals surface area contributed by atoms with E-state index in [2.05, 4.69) is 37.7 Å². The van der Waals surface area contributed by atoms with Crippen molar-refractivity contribution in [2.45, 2.75) is 45.1 Å². The third-order valence-corrected chi connectivity index (χ3v) is 5.50. The van der Waals surface area contributed by atoms with Gasteiger partial charge >= 0.3 is 0 Å². The monoisotopic (exact) mass is 389 g/mol. The standard InChI is InChI=1S/C21H23N7O/c1-11(29)20-24-13(3)26-28(20)19-10-17(22-12(2)23-19)14-9-15(14)21-25-16-7-5-6-8-18(16)27(21)4/h5-8,10-11,14-15,29H,9H2,1-4H3/t11?,14-,15-/m1/s1. The minimum absolute atomic E-state index is 0.297. The zero-order valence-electron chi connectivity index (χ0n) is 16.9. The lowest BCUT2D eigenvalue weighted by Crippen LogP contribution is -2.10. The summed E-state index contributed by atoms with van der Waals surface area (Å²) in [5.41, 5.74) is 3.15. The Morgan fingerprint density at radius 3 is 2.59 bits per heavy atom. The van der Waals surface area contributed by atoms with Gasteiger partial charge in [-0.05, 0) is 39.3 Å². The van der Waals surface area contributed by atoms with Gasteiger partial charge in [0.25, 0.3) is 0 Å². The van der Waals surface area contributed by atoms with E-state index in [0.717, 1.165) is 29.0 Å². The summed E-state index contributed by atoms with van der Waals surface area (Å²) in [5, 5.41) is 14.5. The van der Waals surface area contributed by atoms with Crippen LogP contribution in [-0.4, -0.2) is 39.4 Å². The molecule has 8 nitrogen and oxygen atoms in total. The molecule has 29 heavy (non-hydrogen) atoms. The van der Waals surface area contributed by atoms with Gasteiger partial charge in [-0.1, -0.05) is 12.1 Å². The lowest BCUT2D eigenvalue weighted by atomic mass is 10.2. The molecule has 4 aromatic rings. The van der Waals surface area contributed by atoms with Crippen molar-refractivity contribution < 1.29 is 5.11 Å². The van der Waals surface area contributed by atoms with Gasteiger partial charge in [-0.25, -0.2) is 19.9 Å². The maximum absolute atomic E-state index is 10.1. The molecule has 1 fully saturated rings. The highest BCUT2D eigenvalue weighted by Crippen LogP contribution is 2.54. The van der Waals surface area contributed by atoms with Gasteiger partial charge in [-0.15, -0.1) is 5.10 Å². The second kappa shape index (κ2) is 6.45. The number of aliphatic hydroxyl groups excluding tert-OH is 1. The number of hydrogen-bond acceptors (Lipinski definition) is 6. The van der Waals surface area contributed by atoms with Crippen molar-refractivity contribution in [3.8, 4) is 5.82 Å². The van der Waals surface area contributed by atoms with Crippen LogP contribution in [0.1, 0.15) is 60.3 Å². The number of hydrogen-bond donors (Lipinski definition) is 1. The first-order valence-electron chi connectivity index (χ1n) is 9.81. The second-order valence-corrected chi connectivity index (χ2v) is 7.77. The number of aliphatic hydroxyl groups is 1. The van der Waals surface area contributed by atoms with Crippen molar-refractivity contribution in [2.75, 3.05) is 0 Å². The van der Waals surface area contributed by atoms with Crippen LogP contribution in [0.2, 0.25) is 0 Å². The van der Waals surface area contributed by atoms with E-state index in [1.54, 1.807) is 18.5 Å². The summed E-state index contributed by atoms with van der Waals surface area (Å²) in [6.07, 6.45) is 0.274. The minimum atomic E-state index is -0.733. The number of imidazole rings is 1. The Morgan fingerprint density at radius 2 is 1.83 bits per heavy atom. The lowest BCUT2D eigenvalue weighted by Gasteiger charge is -2.09. The van der Waals surface area contributed by atoms with Gasteiger partial charge in [0.1, 0.15) is 23.6 Å². The Hall–Kier alpha value is -3.13. The molecule has 0 spiro atoms. The fourth-order valence-corrected chi connectivity index (χ4v) is 4.05. The van der Waals surface area contributed by atoms with Crippen LogP contribution in [0.15, 0.2) is 30.3 Å². The summed E-state index contributed by atoms with van der Waals surface area (Å²) in [6.45, 7) is 5.36. The Kier molecular flexibility index (Phi) is 3.99. The van der Waals surface area contributed by atoms with Crippen molar-refractivity contribution in [1.82, 2.24) is 34.3 Å². The summed E-state index contributed by atoms with van der Waals surface area (Å²) in [4.78, 5) is 18.4. The maximum Gasteiger partial charge on any atom is 0.162 e. The van der Waals surface area contributed by atoms with Crippen LogP contribution in [0.25, 0.3) is 16.9 Å². The third kappa shape index (κ3) is 3.00. The summed E-state index contributed by atoms with van der Waals surface area (Å²) >= 11 is 0. The van der Waals surface area contributed by atoms with Crippen LogP contribution in [0, 0.1) is 13.8 Å². The minimum Gasteiger partial charge on any atom is -0.385 e. The highest BCUT2D eigenvalue weighted by Gasteiger charge is 2.44. The number of nitrogens with zero attached hydrogens (tertiary/aromatic N) is 7. The van der Waals surface area contributed by atoms with Gasteiger partial charge in [0.15, 0.2) is 11.6 Å². The topological polar surface area (TPSA) is 94.5 Å². The molecule has 0 amide bonds. The van der Waals surface area contributed by atoms with Crippen molar-refractivity contribution in [2.24, 2.45) is 7.05 Å². The third-order valence-electron chi connectivity index (χ3n) is 5.50. The quantitative estimate of drug-likeness (QED) is 0.577. The first kappa shape index (κ1) is 17.9. The number of para-hydroxylation sites is 2. The van der Waals surface area contributed by atoms with E-state index in [1.807, 2.05) is 31.2 Å². The molecule has 5 rings (SSSR count). The molecular weight excluding hydrogens is 366 g/mol. The van der Waals surface area contributed by atoms with Crippen LogP contribution in [0.3, 0.4) is 0 Å². The Morgan fingerprint density at radius 1 is 1.03 bits per heavy atom. The normalized spacial score (nSPS) is 19.6. The zero-order valence-corrected chi connectivity index (χ0v) is 16.9. The average Bonchev–Trinajstić information content (AvgIpc) is 3.28. The van der Waals surface area contributed by atoms with E-state index in [4.69, 9.17) is 4.98 Å². The van der Waals surface area contributed by atoms with E-state index >= 15 is 0 Å².